The van der Waals surface area contributed by atoms with Gasteiger partial charge in [0, 0.05) is 56.7 Å². The van der Waals surface area contributed by atoms with E-state index in [-0.39, 0.29) is 4.90 Å². The highest BCUT2D eigenvalue weighted by Gasteiger charge is 2.29. The van der Waals surface area contributed by atoms with Crippen LogP contribution < -0.4 is 10.2 Å². The molecule has 5 rings (SSSR count). The number of oxazole rings is 1. The first-order valence-electron chi connectivity index (χ1n) is 10.8. The molecular weight excluding hydrogens is 454 g/mol. The van der Waals surface area contributed by atoms with Crippen molar-refractivity contribution >= 4 is 27.3 Å². The van der Waals surface area contributed by atoms with E-state index in [1.54, 1.807) is 49.8 Å². The normalized spacial score (nSPS) is 14.8. The second kappa shape index (κ2) is 9.20. The van der Waals surface area contributed by atoms with Crippen LogP contribution >= 0.6 is 0 Å². The highest BCUT2D eigenvalue weighted by molar-refractivity contribution is 7.89. The molecule has 174 valence electrons. The van der Waals surface area contributed by atoms with Crippen molar-refractivity contribution in [3.8, 4) is 11.3 Å². The van der Waals surface area contributed by atoms with Crippen LogP contribution in [0, 0.1) is 6.92 Å². The van der Waals surface area contributed by atoms with Crippen molar-refractivity contribution in [1.82, 2.24) is 24.5 Å². The Balaban J connectivity index is 1.21. The van der Waals surface area contributed by atoms with E-state index in [1.807, 2.05) is 29.2 Å². The van der Waals surface area contributed by atoms with Gasteiger partial charge in [0.1, 0.15) is 12.0 Å². The maximum atomic E-state index is 13.1. The van der Waals surface area contributed by atoms with Crippen LogP contribution in [-0.4, -0.2) is 59.1 Å². The fourth-order valence-corrected chi connectivity index (χ4v) is 5.17. The second-order valence-corrected chi connectivity index (χ2v) is 9.74. The predicted octanol–water partition coefficient (Wildman–Crippen LogP) is 3.09. The summed E-state index contributed by atoms with van der Waals surface area (Å²) in [4.78, 5) is 10.6. The summed E-state index contributed by atoms with van der Waals surface area (Å²) in [6.07, 6.45) is 4.95. The van der Waals surface area contributed by atoms with Gasteiger partial charge in [-0.05, 0) is 36.4 Å². The molecule has 1 saturated heterocycles. The minimum absolute atomic E-state index is 0.260. The van der Waals surface area contributed by atoms with Gasteiger partial charge in [0.15, 0.2) is 17.5 Å². The number of hydrogen-bond donors (Lipinski definition) is 1. The van der Waals surface area contributed by atoms with E-state index in [0.29, 0.717) is 49.4 Å². The van der Waals surface area contributed by atoms with E-state index in [1.165, 1.54) is 4.31 Å². The maximum Gasteiger partial charge on any atom is 0.243 e. The lowest BCUT2D eigenvalue weighted by molar-refractivity contribution is 0.383. The van der Waals surface area contributed by atoms with E-state index < -0.39 is 10.0 Å². The van der Waals surface area contributed by atoms with Crippen molar-refractivity contribution in [1.29, 1.82) is 0 Å². The fraction of sp³-hybridized carbons (Fsp3) is 0.217. The number of piperazine rings is 1. The average Bonchev–Trinajstić information content (AvgIpc) is 3.32. The SMILES string of the molecule is Cc1nc(-c2ccc(S(=O)(=O)N3CCN(c4ccc(Nc5ccncc5)nn4)CC3)cc2)co1. The Hall–Kier alpha value is -3.83. The number of aromatic nitrogens is 4. The number of pyridine rings is 1. The predicted molar refractivity (Wildman–Crippen MR) is 127 cm³/mol. The molecular formula is C23H23N7O3S. The molecule has 10 nitrogen and oxygen atoms in total. The summed E-state index contributed by atoms with van der Waals surface area (Å²) in [5.74, 6) is 1.90. The Morgan fingerprint density at radius 1 is 0.912 bits per heavy atom. The van der Waals surface area contributed by atoms with Crippen LogP contribution in [0.2, 0.25) is 0 Å². The number of aryl methyl sites for hydroxylation is 1. The number of anilines is 3. The Bertz CT molecular complexity index is 1350. The van der Waals surface area contributed by atoms with Gasteiger partial charge in [-0.3, -0.25) is 4.98 Å². The lowest BCUT2D eigenvalue weighted by Crippen LogP contribution is -2.48. The number of benzene rings is 1. The standard InChI is InChI=1S/C23H23N7O3S/c1-17-25-21(16-33-17)18-2-4-20(5-3-18)34(31,32)30-14-12-29(13-15-30)23-7-6-22(27-28-23)26-19-8-10-24-11-9-19/h2-11,16H,12-15H2,1H3,(H,24,26,27). The lowest BCUT2D eigenvalue weighted by atomic mass is 10.2. The monoisotopic (exact) mass is 477 g/mol. The molecule has 0 atom stereocenters. The first-order chi connectivity index (χ1) is 16.5. The molecule has 4 heterocycles. The zero-order valence-electron chi connectivity index (χ0n) is 18.5. The van der Waals surface area contributed by atoms with Gasteiger partial charge < -0.3 is 14.6 Å². The van der Waals surface area contributed by atoms with Crippen LogP contribution in [-0.2, 0) is 10.0 Å². The number of nitrogens with zero attached hydrogens (tertiary/aromatic N) is 6. The average molecular weight is 478 g/mol. The summed E-state index contributed by atoms with van der Waals surface area (Å²) in [5.41, 5.74) is 2.36. The van der Waals surface area contributed by atoms with E-state index in [2.05, 4.69) is 25.5 Å². The Labute approximate surface area is 197 Å². The minimum atomic E-state index is -3.59. The first kappa shape index (κ1) is 22.0. The van der Waals surface area contributed by atoms with Crippen molar-refractivity contribution in [2.45, 2.75) is 11.8 Å². The van der Waals surface area contributed by atoms with Crippen LogP contribution in [0.4, 0.5) is 17.3 Å². The molecule has 1 aromatic carbocycles. The summed E-state index contributed by atoms with van der Waals surface area (Å²) < 4.78 is 33.0. The van der Waals surface area contributed by atoms with Gasteiger partial charge >= 0.3 is 0 Å². The molecule has 3 aromatic heterocycles. The Kier molecular flexibility index (Phi) is 5.95. The quantitative estimate of drug-likeness (QED) is 0.447. The smallest absolute Gasteiger partial charge is 0.243 e. The number of hydrogen-bond acceptors (Lipinski definition) is 9. The number of sulfonamides is 1. The zero-order valence-corrected chi connectivity index (χ0v) is 19.3. The summed E-state index contributed by atoms with van der Waals surface area (Å²) in [6, 6.07) is 14.1. The van der Waals surface area contributed by atoms with Crippen LogP contribution in [0.25, 0.3) is 11.3 Å². The van der Waals surface area contributed by atoms with Gasteiger partial charge in [0.25, 0.3) is 0 Å². The van der Waals surface area contributed by atoms with Crippen molar-refractivity contribution in [2.75, 3.05) is 36.4 Å². The third-order valence-electron chi connectivity index (χ3n) is 5.57. The van der Waals surface area contributed by atoms with Gasteiger partial charge in [-0.25, -0.2) is 13.4 Å². The molecule has 1 aliphatic heterocycles. The highest BCUT2D eigenvalue weighted by atomic mass is 32.2. The van der Waals surface area contributed by atoms with E-state index >= 15 is 0 Å². The molecule has 0 unspecified atom stereocenters. The molecule has 4 aromatic rings. The van der Waals surface area contributed by atoms with Crippen molar-refractivity contribution in [3.05, 3.63) is 73.1 Å². The van der Waals surface area contributed by atoms with E-state index in [0.717, 1.165) is 11.3 Å². The largest absolute Gasteiger partial charge is 0.449 e. The van der Waals surface area contributed by atoms with Gasteiger partial charge in [-0.15, -0.1) is 10.2 Å². The molecule has 1 fully saturated rings. The molecule has 1 aliphatic rings. The second-order valence-electron chi connectivity index (χ2n) is 7.80. The van der Waals surface area contributed by atoms with E-state index in [9.17, 15) is 8.42 Å². The summed E-state index contributed by atoms with van der Waals surface area (Å²) in [6.45, 7) is 3.56. The molecule has 11 heteroatoms. The molecule has 0 spiro atoms. The fourth-order valence-electron chi connectivity index (χ4n) is 3.74. The summed E-state index contributed by atoms with van der Waals surface area (Å²) in [5, 5.41) is 11.7. The lowest BCUT2D eigenvalue weighted by Gasteiger charge is -2.34. The van der Waals surface area contributed by atoms with Crippen molar-refractivity contribution in [3.63, 3.8) is 0 Å². The van der Waals surface area contributed by atoms with Crippen LogP contribution in [0.3, 0.4) is 0 Å². The molecule has 0 saturated carbocycles. The first-order valence-corrected chi connectivity index (χ1v) is 12.2. The molecule has 0 radical (unpaired) electrons. The molecule has 34 heavy (non-hydrogen) atoms. The van der Waals surface area contributed by atoms with Gasteiger partial charge in [-0.1, -0.05) is 12.1 Å². The van der Waals surface area contributed by atoms with Crippen molar-refractivity contribution < 1.29 is 12.8 Å². The van der Waals surface area contributed by atoms with Gasteiger partial charge in [0.05, 0.1) is 4.90 Å². The van der Waals surface area contributed by atoms with Crippen LogP contribution in [0.1, 0.15) is 5.89 Å². The van der Waals surface area contributed by atoms with E-state index in [4.69, 9.17) is 4.42 Å². The maximum absolute atomic E-state index is 13.1. The Morgan fingerprint density at radius 2 is 1.65 bits per heavy atom. The topological polar surface area (TPSA) is 117 Å². The van der Waals surface area contributed by atoms with Gasteiger partial charge in [0.2, 0.25) is 10.0 Å². The molecule has 1 N–H and O–H groups in total. The van der Waals surface area contributed by atoms with Crippen LogP contribution in [0.5, 0.6) is 0 Å². The number of rotatable bonds is 6. The van der Waals surface area contributed by atoms with Crippen molar-refractivity contribution in [2.24, 2.45) is 0 Å². The molecule has 0 aliphatic carbocycles. The summed E-state index contributed by atoms with van der Waals surface area (Å²) >= 11 is 0. The molecule has 0 amide bonds. The van der Waals surface area contributed by atoms with Gasteiger partial charge in [-0.2, -0.15) is 4.31 Å². The third kappa shape index (κ3) is 4.61. The van der Waals surface area contributed by atoms with Crippen LogP contribution in [0.15, 0.2) is 76.5 Å². The zero-order chi connectivity index (χ0) is 23.5. The Morgan fingerprint density at radius 3 is 2.26 bits per heavy atom. The highest BCUT2D eigenvalue weighted by Crippen LogP contribution is 2.24. The number of nitrogens with one attached hydrogen (secondary N) is 1. The summed E-state index contributed by atoms with van der Waals surface area (Å²) in [7, 11) is -3.59. The minimum Gasteiger partial charge on any atom is -0.449 e. The molecule has 0 bridgehead atoms. The third-order valence-corrected chi connectivity index (χ3v) is 7.49.